The molecule has 0 aliphatic heterocycles. The number of ether oxygens (including phenoxy) is 1. The molecule has 3 nitrogen and oxygen atoms in total. The maximum Gasteiger partial charge on any atom is 0.306 e. The summed E-state index contributed by atoms with van der Waals surface area (Å²) in [5.74, 6) is -0.0340. The maximum absolute atomic E-state index is 12.8. The third-order valence-electron chi connectivity index (χ3n) is 6.75. The molecule has 30 heavy (non-hydrogen) atoms. The SMILES string of the molecule is CCC(=O)OC(Cc1ccccc1)(c1c(C)c(C)c(C)c(C)c1C)C(C)CN(C)C. The maximum atomic E-state index is 12.8. The first-order valence-corrected chi connectivity index (χ1v) is 11.0. The Morgan fingerprint density at radius 1 is 0.933 bits per heavy atom. The van der Waals surface area contributed by atoms with Crippen LogP contribution >= 0.6 is 0 Å². The van der Waals surface area contributed by atoms with Gasteiger partial charge in [0.25, 0.3) is 0 Å². The van der Waals surface area contributed by atoms with E-state index in [1.54, 1.807) is 0 Å². The standard InChI is InChI=1S/C27H39NO2/c1-10-25(29)30-27(18(2)17-28(8)9,16-24-14-12-11-13-15-24)26-22(6)20(4)19(3)21(5)23(26)7/h11-15,18H,10,16-17H2,1-9H3. The molecule has 2 aromatic carbocycles. The first-order chi connectivity index (χ1) is 14.0. The topological polar surface area (TPSA) is 29.5 Å². The Balaban J connectivity index is 2.87. The molecule has 2 unspecified atom stereocenters. The quantitative estimate of drug-likeness (QED) is 0.515. The summed E-state index contributed by atoms with van der Waals surface area (Å²) in [5.41, 5.74) is 8.01. The van der Waals surface area contributed by atoms with Crippen LogP contribution in [0.25, 0.3) is 0 Å². The van der Waals surface area contributed by atoms with E-state index in [9.17, 15) is 4.79 Å². The van der Waals surface area contributed by atoms with Crippen molar-refractivity contribution in [3.63, 3.8) is 0 Å². The van der Waals surface area contributed by atoms with Crippen LogP contribution in [0.3, 0.4) is 0 Å². The molecule has 0 fully saturated rings. The van der Waals surface area contributed by atoms with Crippen molar-refractivity contribution in [1.29, 1.82) is 0 Å². The molecular weight excluding hydrogens is 370 g/mol. The van der Waals surface area contributed by atoms with E-state index in [1.165, 1.54) is 38.9 Å². The summed E-state index contributed by atoms with van der Waals surface area (Å²) in [6.45, 7) is 15.9. The van der Waals surface area contributed by atoms with Crippen LogP contribution in [0.4, 0.5) is 0 Å². The monoisotopic (exact) mass is 409 g/mol. The molecule has 0 aliphatic rings. The predicted molar refractivity (Wildman–Crippen MR) is 126 cm³/mol. The highest BCUT2D eigenvalue weighted by atomic mass is 16.6. The molecule has 0 aromatic heterocycles. The molecule has 2 rings (SSSR count). The van der Waals surface area contributed by atoms with Gasteiger partial charge in [-0.25, -0.2) is 0 Å². The van der Waals surface area contributed by atoms with Crippen LogP contribution in [0, 0.1) is 40.5 Å². The highest BCUT2D eigenvalue weighted by Crippen LogP contribution is 2.44. The van der Waals surface area contributed by atoms with Gasteiger partial charge in [0.2, 0.25) is 0 Å². The lowest BCUT2D eigenvalue weighted by atomic mass is 9.71. The Labute approximate surface area is 183 Å². The number of nitrogens with zero attached hydrogens (tertiary/aromatic N) is 1. The highest BCUT2D eigenvalue weighted by molar-refractivity contribution is 5.70. The lowest BCUT2D eigenvalue weighted by Crippen LogP contribution is -2.46. The van der Waals surface area contributed by atoms with Gasteiger partial charge < -0.3 is 9.64 Å². The van der Waals surface area contributed by atoms with E-state index >= 15 is 0 Å². The first kappa shape index (κ1) is 24.1. The van der Waals surface area contributed by atoms with Crippen LogP contribution in [0.15, 0.2) is 30.3 Å². The van der Waals surface area contributed by atoms with Crippen molar-refractivity contribution in [1.82, 2.24) is 4.90 Å². The number of esters is 1. The summed E-state index contributed by atoms with van der Waals surface area (Å²) in [7, 11) is 4.16. The zero-order valence-electron chi connectivity index (χ0n) is 20.3. The van der Waals surface area contributed by atoms with Crippen molar-refractivity contribution in [3.8, 4) is 0 Å². The summed E-state index contributed by atoms with van der Waals surface area (Å²) >= 11 is 0. The van der Waals surface area contributed by atoms with Crippen LogP contribution in [0.5, 0.6) is 0 Å². The van der Waals surface area contributed by atoms with Gasteiger partial charge in [-0.15, -0.1) is 0 Å². The summed E-state index contributed by atoms with van der Waals surface area (Å²) < 4.78 is 6.49. The molecule has 164 valence electrons. The third kappa shape index (κ3) is 4.78. The molecule has 0 N–H and O–H groups in total. The molecule has 0 amide bonds. The van der Waals surface area contributed by atoms with Gasteiger partial charge in [0, 0.05) is 30.9 Å². The van der Waals surface area contributed by atoms with Crippen molar-refractivity contribution in [2.45, 2.75) is 66.9 Å². The van der Waals surface area contributed by atoms with Crippen molar-refractivity contribution in [2.75, 3.05) is 20.6 Å². The lowest BCUT2D eigenvalue weighted by Gasteiger charge is -2.43. The van der Waals surface area contributed by atoms with E-state index in [-0.39, 0.29) is 11.9 Å². The minimum absolute atomic E-state index is 0.113. The second-order valence-corrected chi connectivity index (χ2v) is 9.04. The Hall–Kier alpha value is -2.13. The van der Waals surface area contributed by atoms with Gasteiger partial charge in [-0.1, -0.05) is 44.2 Å². The molecule has 0 saturated heterocycles. The normalized spacial score (nSPS) is 14.5. The fourth-order valence-corrected chi connectivity index (χ4v) is 4.70. The van der Waals surface area contributed by atoms with E-state index in [0.29, 0.717) is 12.8 Å². The smallest absolute Gasteiger partial charge is 0.306 e. The average Bonchev–Trinajstić information content (AvgIpc) is 2.70. The molecule has 0 aliphatic carbocycles. The Morgan fingerprint density at radius 3 is 1.90 bits per heavy atom. The van der Waals surface area contributed by atoms with Crippen LogP contribution < -0.4 is 0 Å². The highest BCUT2D eigenvalue weighted by Gasteiger charge is 2.44. The fourth-order valence-electron chi connectivity index (χ4n) is 4.70. The molecule has 0 bridgehead atoms. The molecule has 2 aromatic rings. The number of rotatable bonds is 8. The Morgan fingerprint density at radius 2 is 1.43 bits per heavy atom. The van der Waals surface area contributed by atoms with Crippen molar-refractivity contribution < 1.29 is 9.53 Å². The molecule has 2 atom stereocenters. The van der Waals surface area contributed by atoms with E-state index in [4.69, 9.17) is 4.74 Å². The third-order valence-corrected chi connectivity index (χ3v) is 6.75. The van der Waals surface area contributed by atoms with Crippen LogP contribution in [-0.4, -0.2) is 31.5 Å². The van der Waals surface area contributed by atoms with E-state index in [1.807, 2.05) is 13.0 Å². The zero-order valence-corrected chi connectivity index (χ0v) is 20.3. The van der Waals surface area contributed by atoms with Gasteiger partial charge in [0.15, 0.2) is 0 Å². The lowest BCUT2D eigenvalue weighted by molar-refractivity contribution is -0.168. The molecule has 0 radical (unpaired) electrons. The van der Waals surface area contributed by atoms with Gasteiger partial charge in [-0.05, 0) is 82.1 Å². The molecule has 0 spiro atoms. The summed E-state index contributed by atoms with van der Waals surface area (Å²) in [5, 5.41) is 0. The van der Waals surface area contributed by atoms with E-state index in [2.05, 4.69) is 84.8 Å². The molecular formula is C27H39NO2. The van der Waals surface area contributed by atoms with Gasteiger partial charge in [-0.3, -0.25) is 4.79 Å². The summed E-state index contributed by atoms with van der Waals surface area (Å²) in [6, 6.07) is 10.4. The first-order valence-electron chi connectivity index (χ1n) is 11.0. The molecule has 0 heterocycles. The second-order valence-electron chi connectivity index (χ2n) is 9.04. The largest absolute Gasteiger partial charge is 0.453 e. The molecule has 3 heteroatoms. The van der Waals surface area contributed by atoms with Crippen molar-refractivity contribution in [2.24, 2.45) is 5.92 Å². The van der Waals surface area contributed by atoms with Crippen molar-refractivity contribution in [3.05, 3.63) is 69.3 Å². The fraction of sp³-hybridized carbons (Fsp3) is 0.519. The summed E-state index contributed by atoms with van der Waals surface area (Å²) in [6.07, 6.45) is 1.03. The Kier molecular flexibility index (Phi) is 7.87. The number of carbonyl (C=O) groups excluding carboxylic acids is 1. The van der Waals surface area contributed by atoms with Gasteiger partial charge >= 0.3 is 5.97 Å². The van der Waals surface area contributed by atoms with E-state index in [0.717, 1.165) is 6.54 Å². The number of hydrogen-bond acceptors (Lipinski definition) is 3. The van der Waals surface area contributed by atoms with Gasteiger partial charge in [-0.2, -0.15) is 0 Å². The summed E-state index contributed by atoms with van der Waals surface area (Å²) in [4.78, 5) is 15.0. The number of carbonyl (C=O) groups is 1. The number of hydrogen-bond donors (Lipinski definition) is 0. The van der Waals surface area contributed by atoms with Crippen LogP contribution in [-0.2, 0) is 21.6 Å². The van der Waals surface area contributed by atoms with Crippen molar-refractivity contribution >= 4 is 5.97 Å². The predicted octanol–water partition coefficient (Wildman–Crippen LogP) is 5.82. The van der Waals surface area contributed by atoms with Crippen LogP contribution in [0.2, 0.25) is 0 Å². The molecule has 0 saturated carbocycles. The van der Waals surface area contributed by atoms with Gasteiger partial charge in [0.05, 0.1) is 0 Å². The average molecular weight is 410 g/mol. The van der Waals surface area contributed by atoms with E-state index < -0.39 is 5.60 Å². The second kappa shape index (κ2) is 9.78. The van der Waals surface area contributed by atoms with Gasteiger partial charge in [0.1, 0.15) is 5.60 Å². The minimum Gasteiger partial charge on any atom is -0.453 e. The number of benzene rings is 2. The van der Waals surface area contributed by atoms with Crippen LogP contribution in [0.1, 0.15) is 59.2 Å². The zero-order chi connectivity index (χ0) is 22.6. The Bertz CT molecular complexity index is 856. The minimum atomic E-state index is -0.726.